The molecule has 0 aliphatic heterocycles. The fourth-order valence-corrected chi connectivity index (χ4v) is 3.39. The van der Waals surface area contributed by atoms with E-state index in [0.29, 0.717) is 0 Å². The first kappa shape index (κ1) is 16.3. The third-order valence-electron chi connectivity index (χ3n) is 4.82. The molecular formula is C24H23N2+. The van der Waals surface area contributed by atoms with Crippen LogP contribution in [0.4, 0.5) is 0 Å². The topological polar surface area (TPSA) is 8.81 Å². The average Bonchev–Trinajstić information content (AvgIpc) is 3.00. The van der Waals surface area contributed by atoms with Gasteiger partial charge in [0.2, 0.25) is 0 Å². The van der Waals surface area contributed by atoms with Crippen LogP contribution < -0.4 is 4.57 Å². The Kier molecular flexibility index (Phi) is 4.65. The van der Waals surface area contributed by atoms with Crippen molar-refractivity contribution in [2.75, 3.05) is 0 Å². The molecule has 128 valence electrons. The molecule has 0 N–H and O–H groups in total. The summed E-state index contributed by atoms with van der Waals surface area (Å²) in [5, 5.41) is 0. The molecule has 0 aliphatic rings. The van der Waals surface area contributed by atoms with Crippen LogP contribution >= 0.6 is 0 Å². The van der Waals surface area contributed by atoms with Gasteiger partial charge < -0.3 is 0 Å². The van der Waals surface area contributed by atoms with Crippen molar-refractivity contribution in [3.05, 3.63) is 114 Å². The molecule has 0 spiro atoms. The summed E-state index contributed by atoms with van der Waals surface area (Å²) >= 11 is 0. The Morgan fingerprint density at radius 2 is 1.23 bits per heavy atom. The lowest BCUT2D eigenvalue weighted by molar-refractivity contribution is -0.693. The number of rotatable bonds is 5. The van der Waals surface area contributed by atoms with Crippen LogP contribution in [0.5, 0.6) is 0 Å². The van der Waals surface area contributed by atoms with E-state index in [1.165, 1.54) is 28.2 Å². The fraction of sp³-hybridized carbons (Fsp3) is 0.125. The molecule has 0 bridgehead atoms. The van der Waals surface area contributed by atoms with Crippen molar-refractivity contribution in [3.8, 4) is 11.3 Å². The molecule has 4 aromatic rings. The van der Waals surface area contributed by atoms with Gasteiger partial charge in [0.15, 0.2) is 5.69 Å². The van der Waals surface area contributed by atoms with E-state index in [2.05, 4.69) is 113 Å². The Labute approximate surface area is 155 Å². The standard InChI is InChI=1S/C24H23N2/c1-20-25(17-21-11-5-2-6-12-21)19-24(23-15-9-4-10-16-23)26(20)18-22-13-7-3-8-14-22/h2-16,19H,17-18H2,1H3/q+1. The van der Waals surface area contributed by atoms with E-state index in [4.69, 9.17) is 0 Å². The van der Waals surface area contributed by atoms with Crippen LogP contribution in [-0.4, -0.2) is 4.57 Å². The Balaban J connectivity index is 1.77. The molecule has 2 nitrogen and oxygen atoms in total. The summed E-state index contributed by atoms with van der Waals surface area (Å²) in [5.74, 6) is 1.26. The molecule has 0 amide bonds. The molecular weight excluding hydrogens is 316 g/mol. The SMILES string of the molecule is Cc1n(Cc2ccccc2)c(-c2ccccc2)c[n+]1Cc1ccccc1. The summed E-state index contributed by atoms with van der Waals surface area (Å²) in [6.07, 6.45) is 2.28. The number of nitrogens with zero attached hydrogens (tertiary/aromatic N) is 2. The van der Waals surface area contributed by atoms with Crippen molar-refractivity contribution < 1.29 is 4.57 Å². The molecule has 0 saturated heterocycles. The summed E-state index contributed by atoms with van der Waals surface area (Å²) in [6, 6.07) is 31.9. The molecule has 0 unspecified atom stereocenters. The minimum Gasteiger partial charge on any atom is -0.230 e. The number of benzene rings is 3. The highest BCUT2D eigenvalue weighted by Gasteiger charge is 2.21. The minimum absolute atomic E-state index is 0.874. The second-order valence-electron chi connectivity index (χ2n) is 6.61. The van der Waals surface area contributed by atoms with Gasteiger partial charge in [-0.05, 0) is 11.1 Å². The van der Waals surface area contributed by atoms with Crippen molar-refractivity contribution in [1.29, 1.82) is 0 Å². The maximum Gasteiger partial charge on any atom is 0.254 e. The minimum atomic E-state index is 0.874. The van der Waals surface area contributed by atoms with Crippen LogP contribution in [0.25, 0.3) is 11.3 Å². The maximum absolute atomic E-state index is 2.41. The largest absolute Gasteiger partial charge is 0.254 e. The molecule has 0 saturated carbocycles. The van der Waals surface area contributed by atoms with Gasteiger partial charge in [-0.3, -0.25) is 0 Å². The van der Waals surface area contributed by atoms with Crippen LogP contribution in [0.2, 0.25) is 0 Å². The second kappa shape index (κ2) is 7.40. The van der Waals surface area contributed by atoms with Crippen molar-refractivity contribution >= 4 is 0 Å². The molecule has 1 aromatic heterocycles. The summed E-state index contributed by atoms with van der Waals surface area (Å²) < 4.78 is 4.76. The van der Waals surface area contributed by atoms with E-state index in [1.54, 1.807) is 0 Å². The van der Waals surface area contributed by atoms with E-state index < -0.39 is 0 Å². The van der Waals surface area contributed by atoms with Gasteiger partial charge in [-0.25, -0.2) is 9.13 Å². The zero-order chi connectivity index (χ0) is 17.8. The van der Waals surface area contributed by atoms with E-state index in [1.807, 2.05) is 0 Å². The highest BCUT2D eigenvalue weighted by Crippen LogP contribution is 2.21. The van der Waals surface area contributed by atoms with Crippen LogP contribution in [0.3, 0.4) is 0 Å². The van der Waals surface area contributed by atoms with Crippen LogP contribution in [0.15, 0.2) is 97.2 Å². The molecule has 0 radical (unpaired) electrons. The van der Waals surface area contributed by atoms with Crippen LogP contribution in [0, 0.1) is 6.92 Å². The highest BCUT2D eigenvalue weighted by molar-refractivity contribution is 5.58. The van der Waals surface area contributed by atoms with Crippen LogP contribution in [0.1, 0.15) is 17.0 Å². The van der Waals surface area contributed by atoms with Crippen LogP contribution in [-0.2, 0) is 13.1 Å². The van der Waals surface area contributed by atoms with Crippen molar-refractivity contribution in [2.45, 2.75) is 20.0 Å². The smallest absolute Gasteiger partial charge is 0.230 e. The quantitative estimate of drug-likeness (QED) is 0.460. The lowest BCUT2D eigenvalue weighted by atomic mass is 10.1. The number of imidazole rings is 1. The molecule has 2 heteroatoms. The lowest BCUT2D eigenvalue weighted by Crippen LogP contribution is -2.36. The van der Waals surface area contributed by atoms with Gasteiger partial charge in [0.25, 0.3) is 5.82 Å². The average molecular weight is 339 g/mol. The lowest BCUT2D eigenvalue weighted by Gasteiger charge is -2.05. The monoisotopic (exact) mass is 339 g/mol. The van der Waals surface area contributed by atoms with Crippen molar-refractivity contribution in [1.82, 2.24) is 4.57 Å². The van der Waals surface area contributed by atoms with Gasteiger partial charge >= 0.3 is 0 Å². The summed E-state index contributed by atoms with van der Waals surface area (Å²) in [7, 11) is 0. The van der Waals surface area contributed by atoms with Gasteiger partial charge in [-0.2, -0.15) is 0 Å². The zero-order valence-electron chi connectivity index (χ0n) is 15.0. The van der Waals surface area contributed by atoms with Crippen molar-refractivity contribution in [2.24, 2.45) is 0 Å². The Bertz CT molecular complexity index is 971. The van der Waals surface area contributed by atoms with Crippen molar-refractivity contribution in [3.63, 3.8) is 0 Å². The van der Waals surface area contributed by atoms with Gasteiger partial charge in [0, 0.05) is 12.5 Å². The maximum atomic E-state index is 2.41. The van der Waals surface area contributed by atoms with E-state index >= 15 is 0 Å². The third-order valence-corrected chi connectivity index (χ3v) is 4.82. The normalized spacial score (nSPS) is 10.8. The van der Waals surface area contributed by atoms with Gasteiger partial charge in [-0.15, -0.1) is 0 Å². The molecule has 0 fully saturated rings. The summed E-state index contributed by atoms with van der Waals surface area (Å²) in [6.45, 7) is 3.96. The molecule has 0 aliphatic carbocycles. The number of aromatic nitrogens is 2. The molecule has 0 atom stereocenters. The predicted octanol–water partition coefficient (Wildman–Crippen LogP) is 4.85. The Morgan fingerprint density at radius 3 is 1.85 bits per heavy atom. The van der Waals surface area contributed by atoms with E-state index in [0.717, 1.165) is 13.1 Å². The van der Waals surface area contributed by atoms with E-state index in [-0.39, 0.29) is 0 Å². The van der Waals surface area contributed by atoms with Gasteiger partial charge in [0.05, 0.1) is 0 Å². The number of hydrogen-bond donors (Lipinski definition) is 0. The molecule has 3 aromatic carbocycles. The first-order chi connectivity index (χ1) is 12.8. The third kappa shape index (κ3) is 3.45. The second-order valence-corrected chi connectivity index (χ2v) is 6.61. The first-order valence-corrected chi connectivity index (χ1v) is 9.04. The Morgan fingerprint density at radius 1 is 0.692 bits per heavy atom. The van der Waals surface area contributed by atoms with Gasteiger partial charge in [0.1, 0.15) is 19.3 Å². The Hall–Kier alpha value is -3.13. The molecule has 26 heavy (non-hydrogen) atoms. The van der Waals surface area contributed by atoms with Gasteiger partial charge in [-0.1, -0.05) is 91.0 Å². The number of hydrogen-bond acceptors (Lipinski definition) is 0. The summed E-state index contributed by atoms with van der Waals surface area (Å²) in [5.41, 5.74) is 5.13. The molecule has 4 rings (SSSR count). The predicted molar refractivity (Wildman–Crippen MR) is 106 cm³/mol. The summed E-state index contributed by atoms with van der Waals surface area (Å²) in [4.78, 5) is 0. The highest BCUT2D eigenvalue weighted by atomic mass is 15.2. The van der Waals surface area contributed by atoms with E-state index in [9.17, 15) is 0 Å². The zero-order valence-corrected chi connectivity index (χ0v) is 15.0. The first-order valence-electron chi connectivity index (χ1n) is 9.04. The molecule has 1 heterocycles. The fourth-order valence-electron chi connectivity index (χ4n) is 3.39.